The van der Waals surface area contributed by atoms with Crippen LogP contribution in [0.5, 0.6) is 5.75 Å². The first-order valence-electron chi connectivity index (χ1n) is 9.28. The summed E-state index contributed by atoms with van der Waals surface area (Å²) in [5.41, 5.74) is 6.29. The molecule has 1 unspecified atom stereocenters. The number of ether oxygens (including phenoxy) is 1. The maximum absolute atomic E-state index is 12.2. The number of phenols is 1. The van der Waals surface area contributed by atoms with Crippen molar-refractivity contribution >= 4 is 15.9 Å². The number of hydrogen-bond acceptors (Lipinski definition) is 5. The Hall–Kier alpha value is -3.01. The van der Waals surface area contributed by atoms with Crippen molar-refractivity contribution in [2.24, 2.45) is 5.73 Å². The summed E-state index contributed by atoms with van der Waals surface area (Å²) in [7, 11) is 0. The molecule has 0 saturated carbocycles. The second-order valence-corrected chi connectivity index (χ2v) is 6.41. The molecule has 1 aliphatic carbocycles. The van der Waals surface area contributed by atoms with Crippen LogP contribution in [-0.4, -0.2) is 27.7 Å². The Kier molecular flexibility index (Phi) is 16.2. The fourth-order valence-corrected chi connectivity index (χ4v) is 2.05. The van der Waals surface area contributed by atoms with Crippen LogP contribution in [0.2, 0.25) is 0 Å². The van der Waals surface area contributed by atoms with Gasteiger partial charge in [-0.25, -0.2) is 13.2 Å². The van der Waals surface area contributed by atoms with E-state index in [4.69, 9.17) is 20.7 Å². The molecule has 6 nitrogen and oxygen atoms in total. The molecule has 6 N–H and O–H groups in total. The lowest BCUT2D eigenvalue weighted by Gasteiger charge is -2.06. The zero-order valence-corrected chi connectivity index (χ0v) is 19.6. The summed E-state index contributed by atoms with van der Waals surface area (Å²) >= 11 is 0. The van der Waals surface area contributed by atoms with Gasteiger partial charge in [0.1, 0.15) is 18.4 Å². The quantitative estimate of drug-likeness (QED) is 0.184. The first kappa shape index (κ1) is 33.2. The van der Waals surface area contributed by atoms with E-state index in [1.165, 1.54) is 0 Å². The predicted molar refractivity (Wildman–Crippen MR) is 124 cm³/mol. The lowest BCUT2D eigenvalue weighted by atomic mass is 10.2. The molecule has 0 bridgehead atoms. The SMILES string of the molecule is C[C@H](N)C(=O)OCc1ccccc1.O.OC1=CCCC=C1.Oc1c(F)c(F)c(F)c(F)c1F.P.[HH]. The Balaban J connectivity index is -0.000000436. The third-order valence-corrected chi connectivity index (χ3v) is 3.76. The highest BCUT2D eigenvalue weighted by molar-refractivity contribution is 6.92. The van der Waals surface area contributed by atoms with E-state index in [9.17, 15) is 26.7 Å². The summed E-state index contributed by atoms with van der Waals surface area (Å²) in [5.74, 6) is -12.9. The van der Waals surface area contributed by atoms with Gasteiger partial charge in [-0.15, -0.1) is 0 Å². The molecule has 1 aliphatic rings. The highest BCUT2D eigenvalue weighted by Gasteiger charge is 2.24. The van der Waals surface area contributed by atoms with E-state index in [-0.39, 0.29) is 22.8 Å². The number of halogens is 5. The van der Waals surface area contributed by atoms with E-state index in [0.29, 0.717) is 12.4 Å². The van der Waals surface area contributed by atoms with Crippen LogP contribution in [0.3, 0.4) is 0 Å². The van der Waals surface area contributed by atoms with Crippen LogP contribution < -0.4 is 5.73 Å². The Labute approximate surface area is 198 Å². The predicted octanol–water partition coefficient (Wildman–Crippen LogP) is 4.42. The van der Waals surface area contributed by atoms with Gasteiger partial charge < -0.3 is 26.2 Å². The van der Waals surface area contributed by atoms with E-state index >= 15 is 0 Å². The average molecular weight is 513 g/mol. The van der Waals surface area contributed by atoms with Crippen LogP contribution in [0.1, 0.15) is 26.8 Å². The molecule has 3 rings (SSSR count). The summed E-state index contributed by atoms with van der Waals surface area (Å²) in [6.45, 7) is 1.90. The molecular formula is C22H29F5NO5P. The van der Waals surface area contributed by atoms with Crippen molar-refractivity contribution in [2.75, 3.05) is 0 Å². The Morgan fingerprint density at radius 1 is 1.00 bits per heavy atom. The third-order valence-electron chi connectivity index (χ3n) is 3.76. The highest BCUT2D eigenvalue weighted by atomic mass is 31.0. The van der Waals surface area contributed by atoms with Crippen LogP contribution in [-0.2, 0) is 16.1 Å². The Bertz CT molecular complexity index is 873. The highest BCUT2D eigenvalue weighted by Crippen LogP contribution is 2.27. The number of esters is 1. The van der Waals surface area contributed by atoms with Gasteiger partial charge in [0.05, 0.1) is 0 Å². The fourth-order valence-electron chi connectivity index (χ4n) is 2.05. The van der Waals surface area contributed by atoms with Gasteiger partial charge in [-0.1, -0.05) is 36.4 Å². The minimum absolute atomic E-state index is 0. The van der Waals surface area contributed by atoms with E-state index in [1.54, 1.807) is 13.0 Å². The van der Waals surface area contributed by atoms with E-state index < -0.39 is 40.9 Å². The van der Waals surface area contributed by atoms with Gasteiger partial charge in [0.25, 0.3) is 0 Å². The number of phenolic OH excluding ortho intramolecular Hbond substituents is 1. The molecule has 0 aliphatic heterocycles. The summed E-state index contributed by atoms with van der Waals surface area (Å²) < 4.78 is 65.6. The van der Waals surface area contributed by atoms with Crippen molar-refractivity contribution < 1.29 is 48.6 Å². The normalized spacial score (nSPS) is 12.3. The van der Waals surface area contributed by atoms with Crippen molar-refractivity contribution in [1.29, 1.82) is 0 Å². The van der Waals surface area contributed by atoms with Gasteiger partial charge in [-0.2, -0.15) is 18.7 Å². The van der Waals surface area contributed by atoms with Crippen molar-refractivity contribution in [2.45, 2.75) is 32.4 Å². The van der Waals surface area contributed by atoms with Gasteiger partial charge in [-0.3, -0.25) is 4.79 Å². The van der Waals surface area contributed by atoms with Crippen molar-refractivity contribution in [3.05, 3.63) is 89.0 Å². The second kappa shape index (κ2) is 16.6. The molecule has 0 heterocycles. The molecule has 2 aromatic rings. The number of aliphatic hydroxyl groups is 1. The Morgan fingerprint density at radius 3 is 1.88 bits per heavy atom. The topological polar surface area (TPSA) is 124 Å². The summed E-state index contributed by atoms with van der Waals surface area (Å²) in [5, 5.41) is 17.0. The number of nitrogens with two attached hydrogens (primary N) is 1. The summed E-state index contributed by atoms with van der Waals surface area (Å²) in [6, 6.07) is 8.95. The molecule has 0 amide bonds. The number of allylic oxidation sites excluding steroid dienone is 3. The zero-order chi connectivity index (χ0) is 24.3. The number of aromatic hydroxyl groups is 1. The lowest BCUT2D eigenvalue weighted by molar-refractivity contribution is -0.146. The molecule has 0 saturated heterocycles. The molecule has 0 spiro atoms. The zero-order valence-electron chi connectivity index (χ0n) is 18.2. The molecule has 2 aromatic carbocycles. The Morgan fingerprint density at radius 2 is 1.50 bits per heavy atom. The maximum atomic E-state index is 12.2. The van der Waals surface area contributed by atoms with E-state index in [0.717, 1.165) is 18.4 Å². The third kappa shape index (κ3) is 10.7. The number of carbonyl (C=O) groups is 1. The molecule has 192 valence electrons. The fraction of sp³-hybridized carbons (Fsp3) is 0.227. The number of hydrogen-bond donors (Lipinski definition) is 3. The van der Waals surface area contributed by atoms with Crippen LogP contribution in [0, 0.1) is 29.1 Å². The number of carbonyl (C=O) groups excluding carboxylic acids is 1. The van der Waals surface area contributed by atoms with E-state index in [2.05, 4.69) is 0 Å². The number of aliphatic hydroxyl groups excluding tert-OH is 1. The van der Waals surface area contributed by atoms with Crippen LogP contribution in [0.25, 0.3) is 0 Å². The largest absolute Gasteiger partial charge is 0.508 e. The first-order valence-corrected chi connectivity index (χ1v) is 9.28. The average Bonchev–Trinajstić information content (AvgIpc) is 2.80. The smallest absolute Gasteiger partial charge is 0.322 e. The lowest BCUT2D eigenvalue weighted by Crippen LogP contribution is -2.28. The second-order valence-electron chi connectivity index (χ2n) is 6.41. The monoisotopic (exact) mass is 513 g/mol. The molecule has 34 heavy (non-hydrogen) atoms. The van der Waals surface area contributed by atoms with E-state index in [1.807, 2.05) is 42.5 Å². The maximum Gasteiger partial charge on any atom is 0.322 e. The number of rotatable bonds is 3. The minimum Gasteiger partial charge on any atom is -0.508 e. The molecule has 2 atom stereocenters. The van der Waals surface area contributed by atoms with Gasteiger partial charge >= 0.3 is 5.97 Å². The molecule has 12 heteroatoms. The van der Waals surface area contributed by atoms with Gasteiger partial charge in [-0.05, 0) is 37.5 Å². The summed E-state index contributed by atoms with van der Waals surface area (Å²) in [4.78, 5) is 11.0. The van der Waals surface area contributed by atoms with Gasteiger partial charge in [0.15, 0.2) is 5.75 Å². The molecule has 0 aromatic heterocycles. The first-order chi connectivity index (χ1) is 15.1. The van der Waals surface area contributed by atoms with Crippen molar-refractivity contribution in [1.82, 2.24) is 0 Å². The summed E-state index contributed by atoms with van der Waals surface area (Å²) in [6.07, 6.45) is 7.57. The number of benzene rings is 2. The van der Waals surface area contributed by atoms with Gasteiger partial charge in [0, 0.05) is 1.43 Å². The molecular weight excluding hydrogens is 484 g/mol. The molecule has 0 radical (unpaired) electrons. The minimum atomic E-state index is -2.29. The van der Waals surface area contributed by atoms with Crippen LogP contribution >= 0.6 is 9.90 Å². The molecule has 0 fully saturated rings. The van der Waals surface area contributed by atoms with Crippen molar-refractivity contribution in [3.63, 3.8) is 0 Å². The van der Waals surface area contributed by atoms with Crippen LogP contribution in [0.15, 0.2) is 54.3 Å². The van der Waals surface area contributed by atoms with Crippen LogP contribution in [0.4, 0.5) is 22.0 Å². The van der Waals surface area contributed by atoms with Gasteiger partial charge in [0.2, 0.25) is 29.1 Å². The van der Waals surface area contributed by atoms with Crippen molar-refractivity contribution in [3.8, 4) is 5.75 Å². The standard InChI is InChI=1S/C10H13NO2.C6HF5O.C6H8O.H2O.H3P.H2/c1-8(11)10(12)13-7-9-5-3-2-4-6-9;7-1-2(8)4(10)6(12)5(11)3(1)9;7-6-4-2-1-3-5-6;;;/h2-6,8H,7,11H2,1H3;12H;2,4-5,7H,1,3H2;1H2;1H3;1H/t8-;;;;;/m0...../s1.